The van der Waals surface area contributed by atoms with Crippen LogP contribution >= 0.6 is 0 Å². The largest absolute Gasteiger partial charge is 0.433 e. The molecular weight excluding hydrogens is 339 g/mol. The number of anilines is 1. The molecule has 0 atom stereocenters. The van der Waals surface area contributed by atoms with Crippen molar-refractivity contribution in [3.8, 4) is 0 Å². The van der Waals surface area contributed by atoms with Crippen LogP contribution in [0.15, 0.2) is 36.4 Å². The molecule has 0 bridgehead atoms. The number of aromatic nitrogens is 1. The summed E-state index contributed by atoms with van der Waals surface area (Å²) >= 11 is 0. The molecule has 1 aromatic heterocycles. The lowest BCUT2D eigenvalue weighted by atomic mass is 9.90. The number of alkyl halides is 3. The molecule has 1 aliphatic rings. The van der Waals surface area contributed by atoms with Crippen LogP contribution in [0.3, 0.4) is 0 Å². The van der Waals surface area contributed by atoms with Crippen LogP contribution in [0.5, 0.6) is 0 Å². The van der Waals surface area contributed by atoms with E-state index in [2.05, 4.69) is 36.2 Å². The molecule has 0 unspecified atom stereocenters. The van der Waals surface area contributed by atoms with Crippen molar-refractivity contribution < 1.29 is 13.2 Å². The number of hydrogen-bond donors (Lipinski definition) is 1. The fourth-order valence-electron chi connectivity index (χ4n) is 3.47. The van der Waals surface area contributed by atoms with Crippen molar-refractivity contribution in [2.45, 2.75) is 38.9 Å². The molecule has 2 aromatic rings. The molecule has 1 aliphatic heterocycles. The summed E-state index contributed by atoms with van der Waals surface area (Å²) in [5, 5.41) is 0. The van der Waals surface area contributed by atoms with Crippen LogP contribution < -0.4 is 10.6 Å². The summed E-state index contributed by atoms with van der Waals surface area (Å²) in [5.74, 6) is 0.928. The molecule has 3 nitrogen and oxygen atoms in total. The first-order valence-corrected chi connectivity index (χ1v) is 8.94. The van der Waals surface area contributed by atoms with Crippen LogP contribution in [0.25, 0.3) is 0 Å². The number of benzene rings is 1. The van der Waals surface area contributed by atoms with E-state index in [1.54, 1.807) is 0 Å². The quantitative estimate of drug-likeness (QED) is 0.879. The highest BCUT2D eigenvalue weighted by atomic mass is 19.4. The topological polar surface area (TPSA) is 42.2 Å². The zero-order valence-corrected chi connectivity index (χ0v) is 14.9. The van der Waals surface area contributed by atoms with Crippen LogP contribution in [0, 0.1) is 12.8 Å². The van der Waals surface area contributed by atoms with Crippen LogP contribution in [-0.4, -0.2) is 18.1 Å². The highest BCUT2D eigenvalue weighted by Gasteiger charge is 2.34. The van der Waals surface area contributed by atoms with E-state index in [0.29, 0.717) is 30.4 Å². The van der Waals surface area contributed by atoms with E-state index in [9.17, 15) is 13.2 Å². The Morgan fingerprint density at radius 3 is 2.31 bits per heavy atom. The predicted octanol–water partition coefficient (Wildman–Crippen LogP) is 4.33. The summed E-state index contributed by atoms with van der Waals surface area (Å²) in [4.78, 5) is 5.83. The predicted molar refractivity (Wildman–Crippen MR) is 97.0 cm³/mol. The molecule has 0 amide bonds. The second-order valence-electron chi connectivity index (χ2n) is 7.00. The molecule has 2 heterocycles. The lowest BCUT2D eigenvalue weighted by molar-refractivity contribution is -0.141. The lowest BCUT2D eigenvalue weighted by Crippen LogP contribution is -2.36. The first kappa shape index (κ1) is 18.7. The maximum Gasteiger partial charge on any atom is 0.433 e. The van der Waals surface area contributed by atoms with Crippen molar-refractivity contribution in [3.05, 3.63) is 58.8 Å². The SMILES string of the molecule is Cc1ccc(CC2CCN(c3nc(C(F)(F)F)ccc3CN)CC2)cc1. The molecule has 2 N–H and O–H groups in total. The van der Waals surface area contributed by atoms with Gasteiger partial charge in [-0.05, 0) is 43.7 Å². The number of halogens is 3. The zero-order chi connectivity index (χ0) is 18.7. The van der Waals surface area contributed by atoms with Crippen LogP contribution in [-0.2, 0) is 19.1 Å². The van der Waals surface area contributed by atoms with Crippen LogP contribution in [0.2, 0.25) is 0 Å². The third-order valence-electron chi connectivity index (χ3n) is 5.03. The summed E-state index contributed by atoms with van der Waals surface area (Å²) in [7, 11) is 0. The molecular formula is C20H24F3N3. The minimum Gasteiger partial charge on any atom is -0.356 e. The van der Waals surface area contributed by atoms with E-state index in [1.807, 2.05) is 4.90 Å². The third-order valence-corrected chi connectivity index (χ3v) is 5.03. The van der Waals surface area contributed by atoms with Crippen molar-refractivity contribution in [1.82, 2.24) is 4.98 Å². The number of piperidine rings is 1. The van der Waals surface area contributed by atoms with Crippen molar-refractivity contribution in [2.75, 3.05) is 18.0 Å². The van der Waals surface area contributed by atoms with Crippen LogP contribution in [0.1, 0.15) is 35.2 Å². The molecule has 6 heteroatoms. The summed E-state index contributed by atoms with van der Waals surface area (Å²) in [6.45, 7) is 3.67. The van der Waals surface area contributed by atoms with Gasteiger partial charge in [0.15, 0.2) is 0 Å². The van der Waals surface area contributed by atoms with Gasteiger partial charge in [0.05, 0.1) is 0 Å². The normalized spacial score (nSPS) is 16.1. The number of rotatable bonds is 4. The number of nitrogens with zero attached hydrogens (tertiary/aromatic N) is 2. The van der Waals surface area contributed by atoms with E-state index in [4.69, 9.17) is 5.73 Å². The second kappa shape index (κ2) is 7.66. The van der Waals surface area contributed by atoms with Gasteiger partial charge in [0.25, 0.3) is 0 Å². The molecule has 0 radical (unpaired) electrons. The number of nitrogens with two attached hydrogens (primary N) is 1. The Morgan fingerprint density at radius 2 is 1.73 bits per heavy atom. The van der Waals surface area contributed by atoms with Gasteiger partial charge in [0, 0.05) is 25.2 Å². The first-order chi connectivity index (χ1) is 12.4. The number of hydrogen-bond acceptors (Lipinski definition) is 3. The average molecular weight is 363 g/mol. The maximum absolute atomic E-state index is 13.0. The molecule has 26 heavy (non-hydrogen) atoms. The van der Waals surface area contributed by atoms with Gasteiger partial charge in [-0.15, -0.1) is 0 Å². The minimum absolute atomic E-state index is 0.184. The number of pyridine rings is 1. The van der Waals surface area contributed by atoms with Gasteiger partial charge in [-0.2, -0.15) is 13.2 Å². The Labute approximate surface area is 152 Å². The van der Waals surface area contributed by atoms with Gasteiger partial charge in [-0.3, -0.25) is 0 Å². The van der Waals surface area contributed by atoms with E-state index in [0.717, 1.165) is 25.3 Å². The van der Waals surface area contributed by atoms with Gasteiger partial charge >= 0.3 is 6.18 Å². The fraction of sp³-hybridized carbons (Fsp3) is 0.450. The Kier molecular flexibility index (Phi) is 5.51. The van der Waals surface area contributed by atoms with Gasteiger partial charge in [0.2, 0.25) is 0 Å². The van der Waals surface area contributed by atoms with E-state index in [-0.39, 0.29) is 6.54 Å². The molecule has 140 valence electrons. The zero-order valence-electron chi connectivity index (χ0n) is 14.9. The van der Waals surface area contributed by atoms with Gasteiger partial charge in [-0.1, -0.05) is 35.9 Å². The van der Waals surface area contributed by atoms with Gasteiger partial charge in [-0.25, -0.2) is 4.98 Å². The molecule has 0 spiro atoms. The monoisotopic (exact) mass is 363 g/mol. The first-order valence-electron chi connectivity index (χ1n) is 8.94. The molecule has 1 aromatic carbocycles. The van der Waals surface area contributed by atoms with Crippen LogP contribution in [0.4, 0.5) is 19.0 Å². The summed E-state index contributed by atoms with van der Waals surface area (Å²) in [6, 6.07) is 11.0. The Bertz CT molecular complexity index is 733. The maximum atomic E-state index is 13.0. The number of aryl methyl sites for hydroxylation is 1. The highest BCUT2D eigenvalue weighted by Crippen LogP contribution is 2.32. The fourth-order valence-corrected chi connectivity index (χ4v) is 3.47. The molecule has 1 saturated heterocycles. The molecule has 0 saturated carbocycles. The van der Waals surface area contributed by atoms with E-state index < -0.39 is 11.9 Å². The summed E-state index contributed by atoms with van der Waals surface area (Å²) in [5.41, 5.74) is 8.07. The molecule has 1 fully saturated rings. The van der Waals surface area contributed by atoms with Crippen molar-refractivity contribution in [1.29, 1.82) is 0 Å². The molecule has 3 rings (SSSR count). The molecule has 0 aliphatic carbocycles. The summed E-state index contributed by atoms with van der Waals surface area (Å²) in [6.07, 6.45) is -1.55. The van der Waals surface area contributed by atoms with E-state index in [1.165, 1.54) is 17.2 Å². The van der Waals surface area contributed by atoms with Crippen molar-refractivity contribution in [3.63, 3.8) is 0 Å². The van der Waals surface area contributed by atoms with E-state index >= 15 is 0 Å². The van der Waals surface area contributed by atoms with Gasteiger partial charge in [0.1, 0.15) is 11.5 Å². The standard InChI is InChI=1S/C20H24F3N3/c1-14-2-4-15(5-3-14)12-16-8-10-26(11-9-16)19-17(13-24)6-7-18(25-19)20(21,22)23/h2-7,16H,8-13,24H2,1H3. The lowest BCUT2D eigenvalue weighted by Gasteiger charge is -2.34. The Balaban J connectivity index is 1.68. The van der Waals surface area contributed by atoms with Gasteiger partial charge < -0.3 is 10.6 Å². The highest BCUT2D eigenvalue weighted by molar-refractivity contribution is 5.48. The Morgan fingerprint density at radius 1 is 1.08 bits per heavy atom. The summed E-state index contributed by atoms with van der Waals surface area (Å²) < 4.78 is 39.0. The smallest absolute Gasteiger partial charge is 0.356 e. The second-order valence-corrected chi connectivity index (χ2v) is 7.00. The van der Waals surface area contributed by atoms with Crippen molar-refractivity contribution in [2.24, 2.45) is 11.7 Å². The minimum atomic E-state index is -4.44. The third kappa shape index (κ3) is 4.36. The van der Waals surface area contributed by atoms with Crippen molar-refractivity contribution >= 4 is 5.82 Å². The average Bonchev–Trinajstić information content (AvgIpc) is 2.63. The Hall–Kier alpha value is -2.08.